The summed E-state index contributed by atoms with van der Waals surface area (Å²) < 4.78 is 0. The molecule has 0 bridgehead atoms. The van der Waals surface area contributed by atoms with E-state index in [1.54, 1.807) is 6.92 Å². The Morgan fingerprint density at radius 2 is 1.76 bits per heavy atom. The molecule has 0 aromatic rings. The van der Waals surface area contributed by atoms with Crippen LogP contribution in [0.4, 0.5) is 0 Å². The molecule has 1 unspecified atom stereocenters. The Morgan fingerprint density at radius 1 is 1.24 bits per heavy atom. The molecule has 0 aromatic heterocycles. The van der Waals surface area contributed by atoms with Crippen LogP contribution >= 0.6 is 0 Å². The fraction of sp³-hybridized carbons (Fsp3) is 0.857. The normalized spacial score (nSPS) is 22.8. The number of ketones is 1. The average Bonchev–Trinajstić information content (AvgIpc) is 2.15. The van der Waals surface area contributed by atoms with Crippen molar-refractivity contribution in [1.82, 2.24) is 4.90 Å². The Bertz CT molecular complexity index is 326. The van der Waals surface area contributed by atoms with Crippen LogP contribution in [0.15, 0.2) is 0 Å². The van der Waals surface area contributed by atoms with Crippen LogP contribution in [-0.2, 0) is 9.59 Å². The highest BCUT2D eigenvalue weighted by molar-refractivity contribution is 5.90. The molecule has 98 valence electrons. The monoisotopic (exact) mass is 239 g/mol. The molecule has 0 aliphatic carbocycles. The highest BCUT2D eigenvalue weighted by Gasteiger charge is 2.44. The van der Waals surface area contributed by atoms with Crippen molar-refractivity contribution in [3.8, 4) is 0 Å². The predicted molar refractivity (Wildman–Crippen MR) is 68.7 cm³/mol. The molecular formula is C14H25NO2. The van der Waals surface area contributed by atoms with Crippen LogP contribution in [-0.4, -0.2) is 28.7 Å². The van der Waals surface area contributed by atoms with Crippen molar-refractivity contribution in [1.29, 1.82) is 0 Å². The molecule has 1 amide bonds. The molecule has 1 saturated heterocycles. The molecule has 17 heavy (non-hydrogen) atoms. The second-order valence-electron chi connectivity index (χ2n) is 6.63. The van der Waals surface area contributed by atoms with Crippen LogP contribution in [0.25, 0.3) is 0 Å². The third-order valence-electron chi connectivity index (χ3n) is 4.03. The van der Waals surface area contributed by atoms with Gasteiger partial charge in [0.25, 0.3) is 0 Å². The zero-order valence-electron chi connectivity index (χ0n) is 12.0. The van der Waals surface area contributed by atoms with Crippen molar-refractivity contribution >= 4 is 11.7 Å². The first-order valence-corrected chi connectivity index (χ1v) is 6.41. The molecule has 0 radical (unpaired) electrons. The summed E-state index contributed by atoms with van der Waals surface area (Å²) in [5.41, 5.74) is -0.691. The van der Waals surface area contributed by atoms with Gasteiger partial charge in [0.05, 0.1) is 5.92 Å². The van der Waals surface area contributed by atoms with E-state index in [1.165, 1.54) is 0 Å². The topological polar surface area (TPSA) is 37.4 Å². The van der Waals surface area contributed by atoms with Crippen LogP contribution in [0.2, 0.25) is 0 Å². The van der Waals surface area contributed by atoms with E-state index in [4.69, 9.17) is 0 Å². The fourth-order valence-electron chi connectivity index (χ4n) is 2.46. The SMILES string of the molecule is CC(=O)C(C)(C)C1CCCN(C(C)(C)C)C1=O. The van der Waals surface area contributed by atoms with Gasteiger partial charge in [-0.2, -0.15) is 0 Å². The number of carbonyl (C=O) groups is 2. The first-order valence-electron chi connectivity index (χ1n) is 6.41. The van der Waals surface area contributed by atoms with Crippen molar-refractivity contribution < 1.29 is 9.59 Å². The highest BCUT2D eigenvalue weighted by atomic mass is 16.2. The van der Waals surface area contributed by atoms with E-state index in [2.05, 4.69) is 0 Å². The van der Waals surface area contributed by atoms with Crippen molar-refractivity contribution in [2.75, 3.05) is 6.54 Å². The van der Waals surface area contributed by atoms with Gasteiger partial charge in [0.2, 0.25) is 5.91 Å². The summed E-state index contributed by atoms with van der Waals surface area (Å²) in [5, 5.41) is 0. The van der Waals surface area contributed by atoms with Gasteiger partial charge >= 0.3 is 0 Å². The molecule has 0 saturated carbocycles. The Kier molecular flexibility index (Phi) is 3.70. The highest BCUT2D eigenvalue weighted by Crippen LogP contribution is 2.37. The second-order valence-corrected chi connectivity index (χ2v) is 6.63. The van der Waals surface area contributed by atoms with Crippen molar-refractivity contribution in [3.63, 3.8) is 0 Å². The Hall–Kier alpha value is -0.860. The zero-order valence-corrected chi connectivity index (χ0v) is 12.0. The average molecular weight is 239 g/mol. The summed E-state index contributed by atoms with van der Waals surface area (Å²) in [6.45, 7) is 12.3. The molecule has 1 aliphatic heterocycles. The van der Waals surface area contributed by atoms with E-state index in [0.717, 1.165) is 19.4 Å². The van der Waals surface area contributed by atoms with Crippen LogP contribution in [0, 0.1) is 11.3 Å². The quantitative estimate of drug-likeness (QED) is 0.743. The second kappa shape index (κ2) is 4.43. The lowest BCUT2D eigenvalue weighted by molar-refractivity contribution is -0.152. The largest absolute Gasteiger partial charge is 0.338 e. The number of hydrogen-bond acceptors (Lipinski definition) is 2. The van der Waals surface area contributed by atoms with Crippen LogP contribution < -0.4 is 0 Å². The lowest BCUT2D eigenvalue weighted by atomic mass is 9.71. The van der Waals surface area contributed by atoms with Gasteiger partial charge in [0, 0.05) is 17.5 Å². The standard InChI is InChI=1S/C14H25NO2/c1-10(16)14(5,6)11-8-7-9-15(12(11)17)13(2,3)4/h11H,7-9H2,1-6H3. The van der Waals surface area contributed by atoms with Crippen molar-refractivity contribution in [2.24, 2.45) is 11.3 Å². The summed E-state index contributed by atoms with van der Waals surface area (Å²) in [7, 11) is 0. The number of carbonyl (C=O) groups excluding carboxylic acids is 2. The molecule has 1 aliphatic rings. The lowest BCUT2D eigenvalue weighted by Gasteiger charge is -2.45. The van der Waals surface area contributed by atoms with Crippen molar-refractivity contribution in [3.05, 3.63) is 0 Å². The molecule has 1 atom stereocenters. The maximum absolute atomic E-state index is 12.5. The first-order chi connectivity index (χ1) is 7.58. The number of Topliss-reactive ketones (excluding diaryl/α,β-unsaturated/α-hetero) is 1. The van der Waals surface area contributed by atoms with Gasteiger partial charge in [-0.3, -0.25) is 9.59 Å². The molecule has 3 nitrogen and oxygen atoms in total. The van der Waals surface area contributed by atoms with Gasteiger partial charge in [-0.05, 0) is 40.5 Å². The van der Waals surface area contributed by atoms with Gasteiger partial charge in [-0.25, -0.2) is 0 Å². The van der Waals surface area contributed by atoms with E-state index in [-0.39, 0.29) is 23.1 Å². The molecule has 1 fully saturated rings. The van der Waals surface area contributed by atoms with Gasteiger partial charge in [-0.1, -0.05) is 13.8 Å². The summed E-state index contributed by atoms with van der Waals surface area (Å²) in [6, 6.07) is 0. The summed E-state index contributed by atoms with van der Waals surface area (Å²) in [4.78, 5) is 26.1. The van der Waals surface area contributed by atoms with E-state index in [0.29, 0.717) is 0 Å². The minimum Gasteiger partial charge on any atom is -0.338 e. The molecule has 0 N–H and O–H groups in total. The number of hydrogen-bond donors (Lipinski definition) is 0. The molecule has 1 rings (SSSR count). The summed E-state index contributed by atoms with van der Waals surface area (Å²) >= 11 is 0. The smallest absolute Gasteiger partial charge is 0.227 e. The molecule has 1 heterocycles. The molecule has 0 spiro atoms. The lowest BCUT2D eigenvalue weighted by Crippen LogP contribution is -2.55. The maximum atomic E-state index is 12.5. The number of rotatable bonds is 2. The van der Waals surface area contributed by atoms with Crippen LogP contribution in [0.1, 0.15) is 54.4 Å². The first kappa shape index (κ1) is 14.2. The number of likely N-dealkylation sites (tertiary alicyclic amines) is 1. The number of nitrogens with zero attached hydrogens (tertiary/aromatic N) is 1. The van der Waals surface area contributed by atoms with E-state index in [1.807, 2.05) is 39.5 Å². The number of piperidine rings is 1. The zero-order chi connectivity index (χ0) is 13.4. The van der Waals surface area contributed by atoms with Crippen LogP contribution in [0.3, 0.4) is 0 Å². The third-order valence-corrected chi connectivity index (χ3v) is 4.03. The van der Waals surface area contributed by atoms with E-state index in [9.17, 15) is 9.59 Å². The molecule has 3 heteroatoms. The predicted octanol–water partition coefficient (Wildman–Crippen LogP) is 2.64. The summed E-state index contributed by atoms with van der Waals surface area (Å²) in [5.74, 6) is 0.0866. The minimum absolute atomic E-state index is 0.103. The van der Waals surface area contributed by atoms with Gasteiger partial charge in [-0.15, -0.1) is 0 Å². The molecular weight excluding hydrogens is 214 g/mol. The number of amides is 1. The van der Waals surface area contributed by atoms with Crippen molar-refractivity contribution in [2.45, 2.75) is 59.9 Å². The van der Waals surface area contributed by atoms with Gasteiger partial charge in [0.15, 0.2) is 0 Å². The fourth-order valence-corrected chi connectivity index (χ4v) is 2.46. The third kappa shape index (κ3) is 2.70. The minimum atomic E-state index is -0.541. The van der Waals surface area contributed by atoms with E-state index >= 15 is 0 Å². The molecule has 0 aromatic carbocycles. The Balaban J connectivity index is 2.97. The van der Waals surface area contributed by atoms with E-state index < -0.39 is 5.41 Å². The van der Waals surface area contributed by atoms with Crippen LogP contribution in [0.5, 0.6) is 0 Å². The Labute approximate surface area is 105 Å². The maximum Gasteiger partial charge on any atom is 0.227 e. The van der Waals surface area contributed by atoms with Gasteiger partial charge in [0.1, 0.15) is 5.78 Å². The van der Waals surface area contributed by atoms with Gasteiger partial charge < -0.3 is 4.90 Å². The Morgan fingerprint density at radius 3 is 2.18 bits per heavy atom. The summed E-state index contributed by atoms with van der Waals surface area (Å²) in [6.07, 6.45) is 1.82.